The van der Waals surface area contributed by atoms with Crippen LogP contribution in [0.2, 0.25) is 0 Å². The first-order chi connectivity index (χ1) is 9.76. The lowest BCUT2D eigenvalue weighted by molar-refractivity contribution is 0.0517. The first kappa shape index (κ1) is 12.9. The van der Waals surface area contributed by atoms with E-state index < -0.39 is 5.97 Å². The van der Waals surface area contributed by atoms with E-state index in [1.807, 2.05) is 0 Å². The van der Waals surface area contributed by atoms with Gasteiger partial charge < -0.3 is 9.84 Å². The van der Waals surface area contributed by atoms with E-state index in [4.69, 9.17) is 4.74 Å². The normalized spacial score (nSPS) is 12.9. The Morgan fingerprint density at radius 3 is 3.15 bits per heavy atom. The predicted molar refractivity (Wildman–Crippen MR) is 70.3 cm³/mol. The smallest absolute Gasteiger partial charge is 0.359 e. The highest BCUT2D eigenvalue weighted by Gasteiger charge is 2.29. The second kappa shape index (κ2) is 5.09. The molecule has 2 N–H and O–H groups in total. The van der Waals surface area contributed by atoms with Gasteiger partial charge in [-0.1, -0.05) is 0 Å². The molecule has 0 aliphatic heterocycles. The average molecular weight is 276 g/mol. The molecule has 2 aromatic rings. The highest BCUT2D eigenvalue weighted by atomic mass is 16.5. The number of carbonyl (C=O) groups excluding carboxylic acids is 1. The van der Waals surface area contributed by atoms with Crippen LogP contribution in [0.1, 0.15) is 28.7 Å². The summed E-state index contributed by atoms with van der Waals surface area (Å²) in [6, 6.07) is 0. The quantitative estimate of drug-likeness (QED) is 0.795. The number of ether oxygens (including phenoxy) is 1. The highest BCUT2D eigenvalue weighted by molar-refractivity contribution is 5.92. The molecule has 106 valence electrons. The maximum Gasteiger partial charge on any atom is 0.359 e. The number of fused-ring (bicyclic) bond motifs is 3. The summed E-state index contributed by atoms with van der Waals surface area (Å²) in [6.45, 7) is 2.39. The van der Waals surface area contributed by atoms with Crippen LogP contribution in [0.15, 0.2) is 6.20 Å². The van der Waals surface area contributed by atoms with Crippen molar-refractivity contribution in [3.63, 3.8) is 0 Å². The predicted octanol–water partition coefficient (Wildman–Crippen LogP) is 0.541. The fourth-order valence-electron chi connectivity index (χ4n) is 2.61. The summed E-state index contributed by atoms with van der Waals surface area (Å²) in [7, 11) is 0. The van der Waals surface area contributed by atoms with Gasteiger partial charge in [0.25, 0.3) is 0 Å². The van der Waals surface area contributed by atoms with Gasteiger partial charge in [0.05, 0.1) is 31.6 Å². The van der Waals surface area contributed by atoms with Gasteiger partial charge in [0.1, 0.15) is 0 Å². The number of aliphatic hydroxyl groups is 1. The molecule has 0 saturated carbocycles. The number of rotatable bonds is 4. The lowest BCUT2D eigenvalue weighted by atomic mass is 9.94. The van der Waals surface area contributed by atoms with Crippen LogP contribution in [0.4, 0.5) is 0 Å². The van der Waals surface area contributed by atoms with Gasteiger partial charge in [0, 0.05) is 16.8 Å². The maximum absolute atomic E-state index is 12.0. The summed E-state index contributed by atoms with van der Waals surface area (Å²) < 4.78 is 6.72. The number of H-pyrrole nitrogens is 1. The Kier molecular flexibility index (Phi) is 3.27. The fourth-order valence-corrected chi connectivity index (χ4v) is 2.61. The first-order valence-corrected chi connectivity index (χ1v) is 6.66. The van der Waals surface area contributed by atoms with Gasteiger partial charge in [-0.3, -0.25) is 9.78 Å². The summed E-state index contributed by atoms with van der Waals surface area (Å²) in [6.07, 6.45) is 3.24. The number of nitrogens with one attached hydrogen (secondary N) is 1. The van der Waals surface area contributed by atoms with E-state index in [-0.39, 0.29) is 6.61 Å². The first-order valence-electron chi connectivity index (χ1n) is 6.66. The van der Waals surface area contributed by atoms with Crippen LogP contribution in [-0.4, -0.2) is 44.3 Å². The van der Waals surface area contributed by atoms with E-state index >= 15 is 0 Å². The summed E-state index contributed by atoms with van der Waals surface area (Å²) in [5, 5.41) is 20.5. The number of aromatic nitrogens is 4. The van der Waals surface area contributed by atoms with Gasteiger partial charge in [-0.05, 0) is 19.8 Å². The SMILES string of the molecule is CCOC(=O)c1nn(CCO)c2c1CCc1[nH]ncc1-2. The number of hydrogen-bond donors (Lipinski definition) is 2. The molecule has 2 aromatic heterocycles. The summed E-state index contributed by atoms with van der Waals surface area (Å²) in [5.41, 5.74) is 4.07. The second-order valence-corrected chi connectivity index (χ2v) is 4.61. The second-order valence-electron chi connectivity index (χ2n) is 4.61. The number of esters is 1. The average Bonchev–Trinajstić information content (AvgIpc) is 3.03. The van der Waals surface area contributed by atoms with Gasteiger partial charge in [0.2, 0.25) is 0 Å². The Balaban J connectivity index is 2.13. The Morgan fingerprint density at radius 1 is 1.55 bits per heavy atom. The number of carbonyl (C=O) groups is 1. The zero-order valence-corrected chi connectivity index (χ0v) is 11.2. The molecule has 7 nitrogen and oxygen atoms in total. The topological polar surface area (TPSA) is 93.0 Å². The summed E-state index contributed by atoms with van der Waals surface area (Å²) in [4.78, 5) is 12.0. The van der Waals surface area contributed by atoms with Gasteiger partial charge in [-0.15, -0.1) is 0 Å². The van der Waals surface area contributed by atoms with Crippen LogP contribution in [0.3, 0.4) is 0 Å². The lowest BCUT2D eigenvalue weighted by Gasteiger charge is -2.14. The largest absolute Gasteiger partial charge is 0.461 e. The zero-order chi connectivity index (χ0) is 14.1. The molecule has 0 bridgehead atoms. The monoisotopic (exact) mass is 276 g/mol. The number of aliphatic hydroxyl groups excluding tert-OH is 1. The molecule has 20 heavy (non-hydrogen) atoms. The van der Waals surface area contributed by atoms with Crippen molar-refractivity contribution in [2.75, 3.05) is 13.2 Å². The third-order valence-electron chi connectivity index (χ3n) is 3.43. The van der Waals surface area contributed by atoms with Crippen molar-refractivity contribution < 1.29 is 14.6 Å². The van der Waals surface area contributed by atoms with Crippen LogP contribution in [-0.2, 0) is 24.1 Å². The standard InChI is InChI=1S/C13H16N4O3/c1-2-20-13(19)11-8-3-4-10-9(7-14-15-10)12(8)17(16-11)5-6-18/h7,18H,2-6H2,1H3,(H,14,15). The summed E-state index contributed by atoms with van der Waals surface area (Å²) in [5.74, 6) is -0.410. The number of aryl methyl sites for hydroxylation is 1. The third kappa shape index (κ3) is 1.90. The van der Waals surface area contributed by atoms with Crippen molar-refractivity contribution in [1.82, 2.24) is 20.0 Å². The summed E-state index contributed by atoms with van der Waals surface area (Å²) >= 11 is 0. The van der Waals surface area contributed by atoms with Crippen molar-refractivity contribution in [2.45, 2.75) is 26.3 Å². The van der Waals surface area contributed by atoms with Crippen LogP contribution >= 0.6 is 0 Å². The Morgan fingerprint density at radius 2 is 2.40 bits per heavy atom. The molecule has 1 aliphatic rings. The molecule has 0 unspecified atom stereocenters. The molecular formula is C13H16N4O3. The Bertz CT molecular complexity index is 644. The lowest BCUT2D eigenvalue weighted by Crippen LogP contribution is -2.10. The molecule has 2 heterocycles. The van der Waals surface area contributed by atoms with Crippen molar-refractivity contribution in [3.8, 4) is 11.3 Å². The van der Waals surface area contributed by atoms with Crippen molar-refractivity contribution in [1.29, 1.82) is 0 Å². The third-order valence-corrected chi connectivity index (χ3v) is 3.43. The minimum atomic E-state index is -0.410. The van der Waals surface area contributed by atoms with Crippen molar-refractivity contribution in [2.24, 2.45) is 0 Å². The van der Waals surface area contributed by atoms with Crippen LogP contribution in [0.25, 0.3) is 11.3 Å². The van der Waals surface area contributed by atoms with E-state index in [1.165, 1.54) is 0 Å². The fraction of sp³-hybridized carbons (Fsp3) is 0.462. The van der Waals surface area contributed by atoms with E-state index in [1.54, 1.807) is 17.8 Å². The van der Waals surface area contributed by atoms with Gasteiger partial charge >= 0.3 is 5.97 Å². The van der Waals surface area contributed by atoms with Crippen molar-refractivity contribution >= 4 is 5.97 Å². The number of hydrogen-bond acceptors (Lipinski definition) is 5. The molecule has 0 saturated heterocycles. The van der Waals surface area contributed by atoms with Crippen molar-refractivity contribution in [3.05, 3.63) is 23.1 Å². The molecule has 0 atom stereocenters. The van der Waals surface area contributed by atoms with Crippen LogP contribution < -0.4 is 0 Å². The van der Waals surface area contributed by atoms with Gasteiger partial charge in [-0.25, -0.2) is 4.79 Å². The van der Waals surface area contributed by atoms with E-state index in [0.717, 1.165) is 28.9 Å². The van der Waals surface area contributed by atoms with E-state index in [0.29, 0.717) is 25.3 Å². The Hall–Kier alpha value is -2.15. The van der Waals surface area contributed by atoms with Crippen LogP contribution in [0.5, 0.6) is 0 Å². The maximum atomic E-state index is 12.0. The van der Waals surface area contributed by atoms with E-state index in [2.05, 4.69) is 15.3 Å². The molecule has 0 spiro atoms. The Labute approximate surface area is 115 Å². The molecule has 0 amide bonds. The molecule has 7 heteroatoms. The minimum absolute atomic E-state index is 0.0381. The van der Waals surface area contributed by atoms with Crippen LogP contribution in [0, 0.1) is 0 Å². The van der Waals surface area contributed by atoms with Gasteiger partial charge in [0.15, 0.2) is 5.69 Å². The molecule has 0 aromatic carbocycles. The molecule has 0 radical (unpaired) electrons. The van der Waals surface area contributed by atoms with E-state index in [9.17, 15) is 9.90 Å². The highest BCUT2D eigenvalue weighted by Crippen LogP contribution is 2.34. The zero-order valence-electron chi connectivity index (χ0n) is 11.2. The minimum Gasteiger partial charge on any atom is -0.461 e. The number of nitrogens with zero attached hydrogens (tertiary/aromatic N) is 3. The molecule has 3 rings (SSSR count). The molecule has 0 fully saturated rings. The van der Waals surface area contributed by atoms with Gasteiger partial charge in [-0.2, -0.15) is 10.2 Å². The number of aromatic amines is 1. The molecule has 1 aliphatic carbocycles. The molecular weight excluding hydrogens is 260 g/mol.